The van der Waals surface area contributed by atoms with Gasteiger partial charge >= 0.3 is 0 Å². The van der Waals surface area contributed by atoms with Crippen molar-refractivity contribution in [2.45, 2.75) is 52.9 Å². The molecule has 0 heterocycles. The zero-order valence-corrected chi connectivity index (χ0v) is 15.3. The Labute approximate surface area is 149 Å². The van der Waals surface area contributed by atoms with Crippen molar-refractivity contribution in [2.75, 3.05) is 6.54 Å². The summed E-state index contributed by atoms with van der Waals surface area (Å²) in [4.78, 5) is 23.6. The Kier molecular flexibility index (Phi) is 6.45. The van der Waals surface area contributed by atoms with Crippen molar-refractivity contribution in [3.8, 4) is 0 Å². The van der Waals surface area contributed by atoms with Gasteiger partial charge in [0, 0.05) is 16.7 Å². The molecule has 0 atom stereocenters. The second-order valence-corrected chi connectivity index (χ2v) is 7.38. The largest absolute Gasteiger partial charge is 0.292 e. The number of hydrogen-bond acceptors (Lipinski definition) is 3. The van der Waals surface area contributed by atoms with Gasteiger partial charge in [0.25, 0.3) is 0 Å². The predicted molar refractivity (Wildman–Crippen MR) is 97.0 cm³/mol. The molecule has 0 unspecified atom stereocenters. The molecule has 1 aromatic carbocycles. The number of halogens is 1. The van der Waals surface area contributed by atoms with E-state index in [2.05, 4.69) is 18.9 Å². The van der Waals surface area contributed by atoms with E-state index in [0.29, 0.717) is 17.9 Å². The molecule has 0 bridgehead atoms. The van der Waals surface area contributed by atoms with Crippen molar-refractivity contribution in [1.82, 2.24) is 5.01 Å². The average Bonchev–Trinajstić information content (AvgIpc) is 2.62. The summed E-state index contributed by atoms with van der Waals surface area (Å²) in [5.41, 5.74) is 1.12. The molecule has 2 rings (SSSR count). The van der Waals surface area contributed by atoms with Crippen LogP contribution in [-0.4, -0.2) is 29.5 Å². The van der Waals surface area contributed by atoms with Gasteiger partial charge in [0.15, 0.2) is 5.78 Å². The molecule has 25 heavy (non-hydrogen) atoms. The molecule has 0 aliphatic heterocycles. The molecule has 1 aliphatic rings. The molecule has 0 N–H and O–H groups in total. The first-order valence-corrected chi connectivity index (χ1v) is 8.91. The lowest BCUT2D eigenvalue weighted by Gasteiger charge is -2.37. The number of Topliss-reactive ketones (excluding diaryl/α,β-unsaturated/α-hetero) is 1. The number of hydrogen-bond donors (Lipinski definition) is 0. The van der Waals surface area contributed by atoms with Crippen LogP contribution >= 0.6 is 0 Å². The number of amides is 1. The molecule has 5 heteroatoms. The van der Waals surface area contributed by atoms with E-state index in [1.54, 1.807) is 0 Å². The van der Waals surface area contributed by atoms with Gasteiger partial charge in [0.1, 0.15) is 12.4 Å². The summed E-state index contributed by atoms with van der Waals surface area (Å²) in [5.74, 6) is -0.114. The molecule has 1 aliphatic carbocycles. The number of ketones is 1. The minimum atomic E-state index is -0.396. The maximum atomic E-state index is 13.0. The number of rotatable bonds is 7. The number of carbonyl (C=O) groups excluding carboxylic acids is 2. The van der Waals surface area contributed by atoms with E-state index in [9.17, 15) is 14.0 Å². The Bertz CT molecular complexity index is 632. The van der Waals surface area contributed by atoms with Crippen molar-refractivity contribution in [2.24, 2.45) is 16.4 Å². The number of nitrogens with zero attached hydrogens (tertiary/aromatic N) is 2. The summed E-state index contributed by atoms with van der Waals surface area (Å²) < 4.78 is 13.0. The summed E-state index contributed by atoms with van der Waals surface area (Å²) in [7, 11) is 0. The predicted octanol–water partition coefficient (Wildman–Crippen LogP) is 4.45. The molecule has 1 amide bonds. The first kappa shape index (κ1) is 19.3. The normalized spacial score (nSPS) is 16.6. The van der Waals surface area contributed by atoms with Gasteiger partial charge in [0.05, 0.1) is 0 Å². The molecule has 4 nitrogen and oxygen atoms in total. The Balaban J connectivity index is 2.08. The minimum absolute atomic E-state index is 0.111. The van der Waals surface area contributed by atoms with Crippen molar-refractivity contribution in [3.05, 3.63) is 35.6 Å². The van der Waals surface area contributed by atoms with Crippen LogP contribution in [0.15, 0.2) is 29.4 Å². The molecule has 0 radical (unpaired) electrons. The fourth-order valence-electron chi connectivity index (χ4n) is 3.41. The van der Waals surface area contributed by atoms with Gasteiger partial charge in [-0.1, -0.05) is 33.1 Å². The quantitative estimate of drug-likeness (QED) is 0.317. The number of benzene rings is 1. The van der Waals surface area contributed by atoms with Crippen LogP contribution in [0.2, 0.25) is 0 Å². The average molecular weight is 346 g/mol. The van der Waals surface area contributed by atoms with Gasteiger partial charge in [-0.05, 0) is 49.9 Å². The first-order valence-electron chi connectivity index (χ1n) is 8.91. The van der Waals surface area contributed by atoms with Gasteiger partial charge in [-0.2, -0.15) is 5.10 Å². The second kappa shape index (κ2) is 8.37. The molecule has 0 spiro atoms. The molecule has 1 saturated carbocycles. The Hall–Kier alpha value is -2.04. The molecule has 1 fully saturated rings. The fourth-order valence-corrected chi connectivity index (χ4v) is 3.41. The zero-order chi connectivity index (χ0) is 18.4. The minimum Gasteiger partial charge on any atom is -0.292 e. The van der Waals surface area contributed by atoms with Crippen LogP contribution in [-0.2, 0) is 4.79 Å². The van der Waals surface area contributed by atoms with Gasteiger partial charge in [-0.3, -0.25) is 9.59 Å². The number of carbonyl (C=O) groups is 2. The summed E-state index contributed by atoms with van der Waals surface area (Å²) in [6, 6.07) is 5.31. The third kappa shape index (κ3) is 4.97. The fraction of sp³-hybridized carbons (Fsp3) is 0.550. The van der Waals surface area contributed by atoms with Crippen molar-refractivity contribution >= 4 is 17.9 Å². The van der Waals surface area contributed by atoms with Crippen LogP contribution in [0.4, 0.5) is 4.39 Å². The maximum Gasteiger partial charge on any atom is 0.230 e. The van der Waals surface area contributed by atoms with Crippen LogP contribution in [0, 0.1) is 17.2 Å². The molecule has 0 aromatic heterocycles. The molecular weight excluding hydrogens is 319 g/mol. The van der Waals surface area contributed by atoms with E-state index in [4.69, 9.17) is 0 Å². The van der Waals surface area contributed by atoms with E-state index < -0.39 is 5.82 Å². The van der Waals surface area contributed by atoms with Crippen molar-refractivity contribution in [3.63, 3.8) is 0 Å². The van der Waals surface area contributed by atoms with Crippen molar-refractivity contribution in [1.29, 1.82) is 0 Å². The highest BCUT2D eigenvalue weighted by Crippen LogP contribution is 2.39. The molecule has 0 saturated heterocycles. The van der Waals surface area contributed by atoms with Gasteiger partial charge in [-0.15, -0.1) is 0 Å². The van der Waals surface area contributed by atoms with Gasteiger partial charge in [-0.25, -0.2) is 9.40 Å². The molecule has 1 aromatic rings. The van der Waals surface area contributed by atoms with Crippen molar-refractivity contribution < 1.29 is 14.0 Å². The summed E-state index contributed by atoms with van der Waals surface area (Å²) in [6.45, 7) is 6.10. The third-order valence-corrected chi connectivity index (χ3v) is 5.43. The lowest BCUT2D eigenvalue weighted by atomic mass is 9.69. The topological polar surface area (TPSA) is 49.7 Å². The van der Waals surface area contributed by atoms with E-state index in [1.807, 2.05) is 6.92 Å². The standard InChI is InChI=1S/C20H27FN2O2/c1-15(20(2,3)17-7-5-4-6-8-17)22-23(14-24)13-19(25)16-9-11-18(21)12-10-16/h9-12,14,17H,4-8,13H2,1-3H3/b22-15-. The van der Waals surface area contributed by atoms with Crippen LogP contribution in [0.1, 0.15) is 63.2 Å². The summed E-state index contributed by atoms with van der Waals surface area (Å²) in [5, 5.41) is 5.56. The van der Waals surface area contributed by atoms with Crippen LogP contribution in [0.5, 0.6) is 0 Å². The highest BCUT2D eigenvalue weighted by Gasteiger charge is 2.33. The number of hydrazone groups is 1. The van der Waals surface area contributed by atoms with Gasteiger partial charge < -0.3 is 0 Å². The van der Waals surface area contributed by atoms with E-state index in [1.165, 1.54) is 56.4 Å². The highest BCUT2D eigenvalue weighted by molar-refractivity contribution is 5.98. The Morgan fingerprint density at radius 1 is 1.24 bits per heavy atom. The Morgan fingerprint density at radius 3 is 2.40 bits per heavy atom. The summed E-state index contributed by atoms with van der Waals surface area (Å²) >= 11 is 0. The van der Waals surface area contributed by atoms with Crippen LogP contribution in [0.3, 0.4) is 0 Å². The first-order chi connectivity index (χ1) is 11.8. The summed E-state index contributed by atoms with van der Waals surface area (Å²) in [6.07, 6.45) is 6.69. The second-order valence-electron chi connectivity index (χ2n) is 7.38. The van der Waals surface area contributed by atoms with E-state index in [0.717, 1.165) is 10.7 Å². The maximum absolute atomic E-state index is 13.0. The zero-order valence-electron chi connectivity index (χ0n) is 15.3. The van der Waals surface area contributed by atoms with Crippen LogP contribution < -0.4 is 0 Å². The SMILES string of the molecule is C/C(=N/N(C=O)CC(=O)c1ccc(F)cc1)C(C)(C)C1CCCCC1. The Morgan fingerprint density at radius 2 is 1.84 bits per heavy atom. The lowest BCUT2D eigenvalue weighted by molar-refractivity contribution is -0.117. The van der Waals surface area contributed by atoms with E-state index >= 15 is 0 Å². The van der Waals surface area contributed by atoms with E-state index in [-0.39, 0.29) is 17.7 Å². The lowest BCUT2D eigenvalue weighted by Crippen LogP contribution is -2.35. The smallest absolute Gasteiger partial charge is 0.230 e. The third-order valence-electron chi connectivity index (χ3n) is 5.43. The molecular formula is C20H27FN2O2. The van der Waals surface area contributed by atoms with Crippen LogP contribution in [0.25, 0.3) is 0 Å². The molecule has 136 valence electrons. The highest BCUT2D eigenvalue weighted by atomic mass is 19.1. The van der Waals surface area contributed by atoms with Gasteiger partial charge in [0.2, 0.25) is 6.41 Å². The monoisotopic (exact) mass is 346 g/mol.